The molecule has 0 bridgehead atoms. The summed E-state index contributed by atoms with van der Waals surface area (Å²) in [5.74, 6) is 1.09. The Morgan fingerprint density at radius 1 is 1.29 bits per heavy atom. The number of ether oxygens (including phenoxy) is 2. The van der Waals surface area contributed by atoms with E-state index in [9.17, 15) is 5.11 Å². The Bertz CT molecular complexity index is 1220. The molecule has 0 atom stereocenters. The van der Waals surface area contributed by atoms with Gasteiger partial charge in [-0.2, -0.15) is 0 Å². The summed E-state index contributed by atoms with van der Waals surface area (Å²) in [6.45, 7) is 2.31. The number of hydrogen-bond acceptors (Lipinski definition) is 7. The van der Waals surface area contributed by atoms with E-state index in [-0.39, 0.29) is 16.5 Å². The molecule has 1 N–H and O–H groups in total. The summed E-state index contributed by atoms with van der Waals surface area (Å²) in [6, 6.07) is 4.93. The van der Waals surface area contributed by atoms with Crippen molar-refractivity contribution < 1.29 is 14.6 Å². The second kappa shape index (κ2) is 7.21. The van der Waals surface area contributed by atoms with Crippen molar-refractivity contribution in [3.63, 3.8) is 0 Å². The maximum atomic E-state index is 10.6. The zero-order valence-electron chi connectivity index (χ0n) is 15.0. The van der Waals surface area contributed by atoms with Gasteiger partial charge in [0.2, 0.25) is 5.90 Å². The molecule has 0 unspecified atom stereocenters. The van der Waals surface area contributed by atoms with Gasteiger partial charge in [0, 0.05) is 0 Å². The molecule has 1 aromatic carbocycles. The van der Waals surface area contributed by atoms with Crippen molar-refractivity contribution in [1.82, 2.24) is 19.5 Å². The standard InChI is InChI=1S/C19H14ClN5O3/c1-3-28-15-9-4-6-11(22-15)18-24-17-19(21-10-14(20)23-17)25(18)16-12(26)7-5-8-13(16)27-2/h5,7-10,26H,3H2,1-2H3. The van der Waals surface area contributed by atoms with E-state index in [0.717, 1.165) is 0 Å². The highest BCUT2D eigenvalue weighted by atomic mass is 35.5. The van der Waals surface area contributed by atoms with Crippen LogP contribution in [0.15, 0.2) is 46.9 Å². The Hall–Kier alpha value is -3.57. The molecule has 0 radical (unpaired) electrons. The smallest absolute Gasteiger partial charge is 0.223 e. The number of imidazole rings is 1. The minimum Gasteiger partial charge on any atom is -0.506 e. The highest BCUT2D eigenvalue weighted by Gasteiger charge is 2.24. The second-order valence-electron chi connectivity index (χ2n) is 5.58. The monoisotopic (exact) mass is 395 g/mol. The van der Waals surface area contributed by atoms with Gasteiger partial charge in [0.15, 0.2) is 22.8 Å². The predicted molar refractivity (Wildman–Crippen MR) is 104 cm³/mol. The van der Waals surface area contributed by atoms with Crippen LogP contribution in [-0.2, 0) is 4.74 Å². The number of rotatable bonds is 4. The molecule has 0 amide bonds. The minimum absolute atomic E-state index is 0.0263. The maximum Gasteiger partial charge on any atom is 0.223 e. The highest BCUT2D eigenvalue weighted by Crippen LogP contribution is 2.36. The number of para-hydroxylation sites is 1. The van der Waals surface area contributed by atoms with E-state index < -0.39 is 0 Å². The SMILES string of the molecule is CCOC1=NC(c2nc3nc(Cl)cnc3n2-c2c(O)cccc2OC)=C=C=C1. The van der Waals surface area contributed by atoms with Crippen molar-refractivity contribution in [3.8, 4) is 17.2 Å². The van der Waals surface area contributed by atoms with Crippen LogP contribution in [-0.4, -0.2) is 44.2 Å². The Balaban J connectivity index is 2.05. The summed E-state index contributed by atoms with van der Waals surface area (Å²) in [6.07, 6.45) is 2.98. The molecule has 0 saturated carbocycles. The molecule has 140 valence electrons. The van der Waals surface area contributed by atoms with Crippen molar-refractivity contribution >= 4 is 34.5 Å². The van der Waals surface area contributed by atoms with Crippen LogP contribution in [0.1, 0.15) is 12.7 Å². The number of hydrogen-bond donors (Lipinski definition) is 1. The third-order valence-corrected chi connectivity index (χ3v) is 4.06. The lowest BCUT2D eigenvalue weighted by atomic mass is 10.2. The van der Waals surface area contributed by atoms with Gasteiger partial charge < -0.3 is 14.6 Å². The fourth-order valence-corrected chi connectivity index (χ4v) is 2.90. The second-order valence-corrected chi connectivity index (χ2v) is 5.97. The number of benzene rings is 1. The van der Waals surface area contributed by atoms with Crippen LogP contribution < -0.4 is 4.74 Å². The van der Waals surface area contributed by atoms with Gasteiger partial charge in [-0.3, -0.25) is 4.57 Å². The number of phenols is 1. The van der Waals surface area contributed by atoms with Gasteiger partial charge in [0.1, 0.15) is 22.3 Å². The van der Waals surface area contributed by atoms with E-state index in [1.54, 1.807) is 22.8 Å². The molecule has 1 aliphatic rings. The fraction of sp³-hybridized carbons (Fsp3) is 0.158. The number of aromatic hydroxyl groups is 1. The van der Waals surface area contributed by atoms with Crippen LogP contribution in [0.2, 0.25) is 5.15 Å². The lowest BCUT2D eigenvalue weighted by molar-refractivity contribution is 0.330. The third kappa shape index (κ3) is 3.02. The van der Waals surface area contributed by atoms with E-state index in [1.807, 2.05) is 6.92 Å². The number of aromatic nitrogens is 4. The molecule has 1 aliphatic heterocycles. The summed E-state index contributed by atoms with van der Waals surface area (Å²) in [4.78, 5) is 17.5. The number of fused-ring (bicyclic) bond motifs is 1. The Kier molecular flexibility index (Phi) is 4.59. The first-order valence-electron chi connectivity index (χ1n) is 8.33. The number of halogens is 1. The van der Waals surface area contributed by atoms with E-state index in [1.165, 1.54) is 19.4 Å². The first-order chi connectivity index (χ1) is 13.6. The summed E-state index contributed by atoms with van der Waals surface area (Å²) < 4.78 is 12.5. The van der Waals surface area contributed by atoms with Gasteiger partial charge >= 0.3 is 0 Å². The van der Waals surface area contributed by atoms with Crippen LogP contribution in [0.3, 0.4) is 0 Å². The number of aliphatic imine (C=N–C) groups is 1. The van der Waals surface area contributed by atoms with Gasteiger partial charge in [0.25, 0.3) is 0 Å². The summed E-state index contributed by atoms with van der Waals surface area (Å²) >= 11 is 5.98. The van der Waals surface area contributed by atoms with E-state index >= 15 is 0 Å². The number of phenolic OH excluding ortho intramolecular Hbond substituents is 1. The van der Waals surface area contributed by atoms with Gasteiger partial charge in [-0.05, 0) is 24.8 Å². The van der Waals surface area contributed by atoms with Crippen LogP contribution in [0.5, 0.6) is 11.5 Å². The zero-order valence-corrected chi connectivity index (χ0v) is 15.7. The van der Waals surface area contributed by atoms with Gasteiger partial charge in [-0.1, -0.05) is 23.4 Å². The Morgan fingerprint density at radius 2 is 2.14 bits per heavy atom. The molecular formula is C19H14ClN5O3. The van der Waals surface area contributed by atoms with Crippen LogP contribution in [0, 0.1) is 0 Å². The maximum absolute atomic E-state index is 10.6. The van der Waals surface area contributed by atoms with E-state index in [2.05, 4.69) is 31.4 Å². The average molecular weight is 396 g/mol. The van der Waals surface area contributed by atoms with Gasteiger partial charge in [-0.25, -0.2) is 19.9 Å². The quantitative estimate of drug-likeness (QED) is 0.681. The van der Waals surface area contributed by atoms with E-state index in [4.69, 9.17) is 21.1 Å². The van der Waals surface area contributed by atoms with Crippen molar-refractivity contribution in [2.45, 2.75) is 6.92 Å². The molecule has 0 saturated heterocycles. The highest BCUT2D eigenvalue weighted by molar-refractivity contribution is 6.29. The van der Waals surface area contributed by atoms with Crippen LogP contribution in [0.4, 0.5) is 0 Å². The topological polar surface area (TPSA) is 94.7 Å². The molecule has 3 heterocycles. The number of methoxy groups -OCH3 is 1. The van der Waals surface area contributed by atoms with Crippen molar-refractivity contribution in [1.29, 1.82) is 0 Å². The third-order valence-electron chi connectivity index (χ3n) is 3.87. The molecular weight excluding hydrogens is 382 g/mol. The molecule has 28 heavy (non-hydrogen) atoms. The molecule has 4 rings (SSSR count). The van der Waals surface area contributed by atoms with Crippen LogP contribution in [0.25, 0.3) is 22.7 Å². The summed E-state index contributed by atoms with van der Waals surface area (Å²) in [7, 11) is 1.51. The minimum atomic E-state index is -0.0263. The van der Waals surface area contributed by atoms with Crippen molar-refractivity contribution in [3.05, 3.63) is 52.9 Å². The molecule has 9 heteroatoms. The fourth-order valence-electron chi connectivity index (χ4n) is 2.77. The molecule has 0 fully saturated rings. The first-order valence-corrected chi connectivity index (χ1v) is 8.71. The zero-order chi connectivity index (χ0) is 19.7. The molecule has 2 aromatic heterocycles. The lowest BCUT2D eigenvalue weighted by Crippen LogP contribution is -2.07. The lowest BCUT2D eigenvalue weighted by Gasteiger charge is -2.14. The summed E-state index contributed by atoms with van der Waals surface area (Å²) in [5.41, 5.74) is 7.12. The first kappa shape index (κ1) is 17.8. The average Bonchev–Trinajstić information content (AvgIpc) is 3.06. The Labute approximate surface area is 164 Å². The largest absolute Gasteiger partial charge is 0.506 e. The molecule has 3 aromatic rings. The summed E-state index contributed by atoms with van der Waals surface area (Å²) in [5, 5.41) is 10.7. The van der Waals surface area contributed by atoms with E-state index in [0.29, 0.717) is 41.1 Å². The molecule has 0 spiro atoms. The van der Waals surface area contributed by atoms with Gasteiger partial charge in [0.05, 0.1) is 26.0 Å². The molecule has 8 nitrogen and oxygen atoms in total. The van der Waals surface area contributed by atoms with Crippen molar-refractivity contribution in [2.75, 3.05) is 13.7 Å². The Morgan fingerprint density at radius 3 is 2.93 bits per heavy atom. The van der Waals surface area contributed by atoms with Gasteiger partial charge in [-0.15, -0.1) is 0 Å². The van der Waals surface area contributed by atoms with Crippen molar-refractivity contribution in [2.24, 2.45) is 4.99 Å². The predicted octanol–water partition coefficient (Wildman–Crippen LogP) is 3.28. The number of nitrogens with zero attached hydrogens (tertiary/aromatic N) is 5. The molecule has 0 aliphatic carbocycles. The van der Waals surface area contributed by atoms with Crippen LogP contribution >= 0.6 is 11.6 Å². The normalized spacial score (nSPS) is 12.8.